The summed E-state index contributed by atoms with van der Waals surface area (Å²) < 4.78 is 11.8. The van der Waals surface area contributed by atoms with E-state index in [1.807, 2.05) is 36.4 Å². The van der Waals surface area contributed by atoms with Crippen LogP contribution in [0.3, 0.4) is 0 Å². The Balaban J connectivity index is 0.000000266. The second-order valence-corrected chi connectivity index (χ2v) is 13.8. The van der Waals surface area contributed by atoms with Gasteiger partial charge in [0.25, 0.3) is 11.8 Å². The molecule has 2 aromatic heterocycles. The number of hydrogen-bond donors (Lipinski definition) is 2. The summed E-state index contributed by atoms with van der Waals surface area (Å²) in [6.45, 7) is 13.7. The van der Waals surface area contributed by atoms with Crippen LogP contribution in [0.5, 0.6) is 0 Å². The van der Waals surface area contributed by atoms with E-state index in [0.29, 0.717) is 18.8 Å². The number of nitrogens with one attached hydrogen (secondary N) is 2. The first kappa shape index (κ1) is 38.5. The number of amides is 2. The maximum Gasteiger partial charge on any atom is 0.360 e. The van der Waals surface area contributed by atoms with E-state index in [9.17, 15) is 19.2 Å². The highest BCUT2D eigenvalue weighted by molar-refractivity contribution is 6.36. The van der Waals surface area contributed by atoms with Crippen LogP contribution in [-0.4, -0.2) is 57.5 Å². The Kier molecular flexibility index (Phi) is 12.5. The van der Waals surface area contributed by atoms with Crippen LogP contribution in [0.2, 0.25) is 5.02 Å². The fourth-order valence-electron chi connectivity index (χ4n) is 4.64. The molecule has 0 saturated heterocycles. The summed E-state index contributed by atoms with van der Waals surface area (Å²) in [5.74, 6) is -1.95. The second-order valence-electron chi connectivity index (χ2n) is 13.4. The summed E-state index contributed by atoms with van der Waals surface area (Å²) >= 11 is 6.11. The highest BCUT2D eigenvalue weighted by atomic mass is 35.5. The molecule has 2 aromatic carbocycles. The Hall–Kier alpha value is -4.97. The van der Waals surface area contributed by atoms with Gasteiger partial charge >= 0.3 is 11.9 Å². The highest BCUT2D eigenvalue weighted by Crippen LogP contribution is 2.24. The third kappa shape index (κ3) is 10.0. The van der Waals surface area contributed by atoms with Crippen molar-refractivity contribution < 1.29 is 28.7 Å². The summed E-state index contributed by atoms with van der Waals surface area (Å²) in [5.41, 5.74) is 5.07. The summed E-state index contributed by atoms with van der Waals surface area (Å²) in [5, 5.41) is 13.5. The minimum Gasteiger partial charge on any atom is -0.464 e. The molecule has 262 valence electrons. The van der Waals surface area contributed by atoms with E-state index >= 15 is 0 Å². The van der Waals surface area contributed by atoms with Gasteiger partial charge in [0.15, 0.2) is 11.4 Å². The number of ether oxygens (including phenoxy) is 2. The first-order chi connectivity index (χ1) is 22.9. The van der Waals surface area contributed by atoms with Gasteiger partial charge in [-0.3, -0.25) is 19.0 Å². The molecule has 0 fully saturated rings. The number of carbonyl (C=O) groups is 4. The number of carbonyl (C=O) groups excluding carboxylic acids is 4. The molecule has 2 heterocycles. The van der Waals surface area contributed by atoms with Gasteiger partial charge in [0.05, 0.1) is 14.2 Å². The maximum atomic E-state index is 12.4. The molecule has 0 bridgehead atoms. The van der Waals surface area contributed by atoms with Crippen molar-refractivity contribution in [1.29, 1.82) is 0 Å². The van der Waals surface area contributed by atoms with Crippen molar-refractivity contribution in [2.75, 3.05) is 14.2 Å². The monoisotopic (exact) mass is 692 g/mol. The van der Waals surface area contributed by atoms with Crippen molar-refractivity contribution in [3.63, 3.8) is 0 Å². The Labute approximate surface area is 292 Å². The fraction of sp³-hybridized carbons (Fsp3) is 0.389. The Morgan fingerprint density at radius 2 is 1.14 bits per heavy atom. The van der Waals surface area contributed by atoms with Crippen LogP contribution in [-0.2, 0) is 47.5 Å². The van der Waals surface area contributed by atoms with E-state index < -0.39 is 17.8 Å². The van der Waals surface area contributed by atoms with Crippen LogP contribution in [0.15, 0.2) is 54.6 Å². The molecule has 0 saturated carbocycles. The molecule has 4 aromatic rings. The SMILES string of the molecule is COC(=O)c1cc(C(=O)NCc2ccc(C(C)(C)C)cc2)n(C)n1.COC(=O)c1nn(C)c(C(=O)NCc2ccc(C(C)(C)C)cc2)c1Cl. The predicted octanol–water partition coefficient (Wildman–Crippen LogP) is 5.52. The van der Waals surface area contributed by atoms with Crippen LogP contribution >= 0.6 is 11.6 Å². The van der Waals surface area contributed by atoms with Crippen molar-refractivity contribution >= 4 is 35.4 Å². The molecule has 2 N–H and O–H groups in total. The lowest BCUT2D eigenvalue weighted by Crippen LogP contribution is -2.25. The molecule has 4 rings (SSSR count). The van der Waals surface area contributed by atoms with Crippen molar-refractivity contribution in [1.82, 2.24) is 30.2 Å². The van der Waals surface area contributed by atoms with Gasteiger partial charge in [-0.1, -0.05) is 102 Å². The zero-order valence-corrected chi connectivity index (χ0v) is 30.5. The molecule has 0 atom stereocenters. The van der Waals surface area contributed by atoms with E-state index in [2.05, 4.69) is 84.0 Å². The zero-order valence-electron chi connectivity index (χ0n) is 29.7. The van der Waals surface area contributed by atoms with Crippen molar-refractivity contribution in [2.24, 2.45) is 14.1 Å². The number of esters is 2. The molecule has 0 unspecified atom stereocenters. The van der Waals surface area contributed by atoms with Crippen molar-refractivity contribution in [3.05, 3.63) is 105 Å². The number of methoxy groups -OCH3 is 2. The van der Waals surface area contributed by atoms with Crippen LogP contribution < -0.4 is 10.6 Å². The minimum atomic E-state index is -0.683. The zero-order chi connectivity index (χ0) is 36.7. The smallest absolute Gasteiger partial charge is 0.360 e. The van der Waals surface area contributed by atoms with E-state index in [1.54, 1.807) is 14.1 Å². The number of rotatable bonds is 8. The lowest BCUT2D eigenvalue weighted by Gasteiger charge is -2.19. The normalized spacial score (nSPS) is 11.2. The van der Waals surface area contributed by atoms with E-state index in [4.69, 9.17) is 11.6 Å². The standard InChI is InChI=1S/C18H22ClN3O3.C18H23N3O3/c1-18(2,3)12-8-6-11(7-9-12)10-20-16(23)15-13(19)14(17(24)25-5)21-22(15)4;1-18(2,3)13-8-6-12(7-9-13)11-19-16(22)15-10-14(17(23)24-5)20-21(15)4/h6-9H,10H2,1-5H3,(H,20,23);6-10H,11H2,1-5H3,(H,19,22). The van der Waals surface area contributed by atoms with Crippen LogP contribution in [0.1, 0.15) is 106 Å². The van der Waals surface area contributed by atoms with Gasteiger partial charge in [-0.05, 0) is 33.1 Å². The summed E-state index contributed by atoms with van der Waals surface area (Å²) in [7, 11) is 5.66. The molecule has 2 amide bonds. The second kappa shape index (κ2) is 16.0. The van der Waals surface area contributed by atoms with Gasteiger partial charge in [-0.2, -0.15) is 10.2 Å². The lowest BCUT2D eigenvalue weighted by molar-refractivity contribution is 0.0584. The average Bonchev–Trinajstić information content (AvgIpc) is 3.59. The third-order valence-corrected chi connectivity index (χ3v) is 7.99. The van der Waals surface area contributed by atoms with Gasteiger partial charge < -0.3 is 20.1 Å². The number of aromatic nitrogens is 4. The van der Waals surface area contributed by atoms with Gasteiger partial charge in [-0.15, -0.1) is 0 Å². The van der Waals surface area contributed by atoms with E-state index in [-0.39, 0.29) is 38.8 Å². The average molecular weight is 693 g/mol. The molecule has 13 heteroatoms. The molecule has 0 aliphatic heterocycles. The Bertz CT molecular complexity index is 1800. The molecule has 0 aliphatic rings. The van der Waals surface area contributed by atoms with E-state index in [1.165, 1.54) is 40.8 Å². The number of halogens is 1. The first-order valence-corrected chi connectivity index (χ1v) is 15.9. The summed E-state index contributed by atoms with van der Waals surface area (Å²) in [6.07, 6.45) is 0. The van der Waals surface area contributed by atoms with Gasteiger partial charge in [0.1, 0.15) is 16.4 Å². The molecule has 0 radical (unpaired) electrons. The van der Waals surface area contributed by atoms with Crippen LogP contribution in [0.25, 0.3) is 0 Å². The van der Waals surface area contributed by atoms with Crippen LogP contribution in [0.4, 0.5) is 0 Å². The fourth-order valence-corrected chi connectivity index (χ4v) is 4.96. The van der Waals surface area contributed by atoms with Crippen molar-refractivity contribution in [2.45, 2.75) is 65.5 Å². The number of nitrogens with zero attached hydrogens (tertiary/aromatic N) is 4. The predicted molar refractivity (Wildman–Crippen MR) is 187 cm³/mol. The van der Waals surface area contributed by atoms with Crippen molar-refractivity contribution in [3.8, 4) is 0 Å². The van der Waals surface area contributed by atoms with Crippen LogP contribution in [0, 0.1) is 0 Å². The molecule has 49 heavy (non-hydrogen) atoms. The largest absolute Gasteiger partial charge is 0.464 e. The quantitative estimate of drug-likeness (QED) is 0.230. The molecular formula is C36H45ClN6O6. The molecule has 0 aliphatic carbocycles. The Morgan fingerprint density at radius 3 is 1.57 bits per heavy atom. The number of benzene rings is 2. The summed E-state index contributed by atoms with van der Waals surface area (Å²) in [6, 6.07) is 17.6. The molecular weight excluding hydrogens is 648 g/mol. The van der Waals surface area contributed by atoms with E-state index in [0.717, 1.165) is 11.1 Å². The molecule has 12 nitrogen and oxygen atoms in total. The first-order valence-electron chi connectivity index (χ1n) is 15.6. The number of hydrogen-bond acceptors (Lipinski definition) is 8. The highest BCUT2D eigenvalue weighted by Gasteiger charge is 2.25. The van der Waals surface area contributed by atoms with Gasteiger partial charge in [-0.25, -0.2) is 9.59 Å². The third-order valence-electron chi connectivity index (χ3n) is 7.64. The lowest BCUT2D eigenvalue weighted by atomic mass is 9.87. The van der Waals surface area contributed by atoms with Gasteiger partial charge in [0, 0.05) is 33.3 Å². The van der Waals surface area contributed by atoms with Gasteiger partial charge in [0.2, 0.25) is 0 Å². The molecule has 0 spiro atoms. The summed E-state index contributed by atoms with van der Waals surface area (Å²) in [4.78, 5) is 47.7. The number of aryl methyl sites for hydroxylation is 2. The maximum absolute atomic E-state index is 12.4. The minimum absolute atomic E-state index is 0.0186. The topological polar surface area (TPSA) is 146 Å². The Morgan fingerprint density at radius 1 is 0.694 bits per heavy atom.